The summed E-state index contributed by atoms with van der Waals surface area (Å²) in [6, 6.07) is 15.9. The fourth-order valence-corrected chi connectivity index (χ4v) is 3.25. The number of carbonyl (C=O) groups is 3. The Hall–Kier alpha value is -3.66. The van der Waals surface area contributed by atoms with Crippen LogP contribution in [-0.2, 0) is 25.5 Å². The van der Waals surface area contributed by atoms with Crippen LogP contribution < -0.4 is 10.2 Å². The van der Waals surface area contributed by atoms with Gasteiger partial charge in [-0.15, -0.1) is 0 Å². The summed E-state index contributed by atoms with van der Waals surface area (Å²) < 4.78 is 5.11. The van der Waals surface area contributed by atoms with Crippen LogP contribution in [0, 0.1) is 17.2 Å². The lowest BCUT2D eigenvalue weighted by atomic mass is 10.1. The molecule has 1 atom stereocenters. The number of hydrogen-bond donors (Lipinski definition) is 1. The van der Waals surface area contributed by atoms with Crippen LogP contribution in [-0.4, -0.2) is 30.9 Å². The Morgan fingerprint density at radius 1 is 1.21 bits per heavy atom. The van der Waals surface area contributed by atoms with E-state index < -0.39 is 24.4 Å². The topological polar surface area (TPSA) is 99.5 Å². The van der Waals surface area contributed by atoms with Crippen molar-refractivity contribution in [1.82, 2.24) is 0 Å². The van der Waals surface area contributed by atoms with Gasteiger partial charge < -0.3 is 15.0 Å². The van der Waals surface area contributed by atoms with Crippen molar-refractivity contribution in [3.8, 4) is 6.07 Å². The highest BCUT2D eigenvalue weighted by molar-refractivity contribution is 6.00. The third-order valence-electron chi connectivity index (χ3n) is 4.76. The van der Waals surface area contributed by atoms with Crippen LogP contribution >= 0.6 is 0 Å². The van der Waals surface area contributed by atoms with Gasteiger partial charge >= 0.3 is 5.97 Å². The van der Waals surface area contributed by atoms with Crippen LogP contribution in [0.1, 0.15) is 24.5 Å². The first kappa shape index (κ1) is 20.1. The Bertz CT molecular complexity index is 963. The van der Waals surface area contributed by atoms with E-state index >= 15 is 0 Å². The molecule has 0 aliphatic carbocycles. The number of amides is 2. The van der Waals surface area contributed by atoms with E-state index in [2.05, 4.69) is 5.32 Å². The zero-order valence-corrected chi connectivity index (χ0v) is 16.1. The third-order valence-corrected chi connectivity index (χ3v) is 4.76. The number of benzene rings is 2. The SMILES string of the molecule is CCc1ccccc1N1C[C@H](C(=O)OCC(=O)Nc2ccc(C#N)cc2)CC1=O. The van der Waals surface area contributed by atoms with Gasteiger partial charge in [-0.3, -0.25) is 14.4 Å². The first-order chi connectivity index (χ1) is 14.0. The first-order valence-electron chi connectivity index (χ1n) is 9.36. The number of ether oxygens (including phenoxy) is 1. The van der Waals surface area contributed by atoms with Gasteiger partial charge in [0.2, 0.25) is 5.91 Å². The van der Waals surface area contributed by atoms with Gasteiger partial charge in [-0.1, -0.05) is 25.1 Å². The van der Waals surface area contributed by atoms with Crippen molar-refractivity contribution in [2.24, 2.45) is 5.92 Å². The minimum absolute atomic E-state index is 0.0636. The Labute approximate surface area is 168 Å². The molecule has 29 heavy (non-hydrogen) atoms. The van der Waals surface area contributed by atoms with Crippen molar-refractivity contribution in [3.63, 3.8) is 0 Å². The molecule has 0 unspecified atom stereocenters. The second-order valence-corrected chi connectivity index (χ2v) is 6.73. The Kier molecular flexibility index (Phi) is 6.25. The summed E-state index contributed by atoms with van der Waals surface area (Å²) in [6.07, 6.45) is 0.846. The Balaban J connectivity index is 1.54. The number of nitrogens with zero attached hydrogens (tertiary/aromatic N) is 2. The minimum atomic E-state index is -0.602. The molecule has 0 bridgehead atoms. The van der Waals surface area contributed by atoms with Crippen LogP contribution in [0.3, 0.4) is 0 Å². The van der Waals surface area contributed by atoms with E-state index in [4.69, 9.17) is 10.00 Å². The van der Waals surface area contributed by atoms with Crippen molar-refractivity contribution >= 4 is 29.2 Å². The number of aryl methyl sites for hydroxylation is 1. The van der Waals surface area contributed by atoms with Gasteiger partial charge in [-0.05, 0) is 42.3 Å². The summed E-state index contributed by atoms with van der Waals surface area (Å²) in [6.45, 7) is 1.82. The summed E-state index contributed by atoms with van der Waals surface area (Å²) in [4.78, 5) is 38.4. The largest absolute Gasteiger partial charge is 0.455 e. The normalized spacial score (nSPS) is 15.7. The van der Waals surface area contributed by atoms with Crippen LogP contribution in [0.5, 0.6) is 0 Å². The zero-order valence-electron chi connectivity index (χ0n) is 16.1. The minimum Gasteiger partial charge on any atom is -0.455 e. The monoisotopic (exact) mass is 391 g/mol. The molecule has 0 spiro atoms. The van der Waals surface area contributed by atoms with Crippen molar-refractivity contribution in [2.45, 2.75) is 19.8 Å². The molecule has 2 aromatic rings. The molecule has 1 aliphatic rings. The highest BCUT2D eigenvalue weighted by Gasteiger charge is 2.36. The van der Waals surface area contributed by atoms with Crippen molar-refractivity contribution in [1.29, 1.82) is 5.26 Å². The number of nitrogens with one attached hydrogen (secondary N) is 1. The van der Waals surface area contributed by atoms with E-state index in [-0.39, 0.29) is 18.9 Å². The molecular formula is C22H21N3O4. The van der Waals surface area contributed by atoms with Gasteiger partial charge in [0.25, 0.3) is 5.91 Å². The maximum atomic E-state index is 12.4. The van der Waals surface area contributed by atoms with Crippen LogP contribution in [0.4, 0.5) is 11.4 Å². The number of para-hydroxylation sites is 1. The summed E-state index contributed by atoms with van der Waals surface area (Å²) in [5, 5.41) is 11.4. The summed E-state index contributed by atoms with van der Waals surface area (Å²) in [7, 11) is 0. The molecule has 2 amide bonds. The molecule has 0 saturated carbocycles. The zero-order chi connectivity index (χ0) is 20.8. The molecule has 2 aromatic carbocycles. The highest BCUT2D eigenvalue weighted by Crippen LogP contribution is 2.29. The molecule has 3 rings (SSSR count). The highest BCUT2D eigenvalue weighted by atomic mass is 16.5. The van der Waals surface area contributed by atoms with Gasteiger partial charge in [0, 0.05) is 24.3 Å². The maximum Gasteiger partial charge on any atom is 0.311 e. The molecule has 1 saturated heterocycles. The van der Waals surface area contributed by atoms with Crippen molar-refractivity contribution in [2.75, 3.05) is 23.4 Å². The molecular weight excluding hydrogens is 370 g/mol. The average Bonchev–Trinajstić information content (AvgIpc) is 3.14. The fourth-order valence-electron chi connectivity index (χ4n) is 3.25. The molecule has 7 heteroatoms. The van der Waals surface area contributed by atoms with E-state index in [0.717, 1.165) is 17.7 Å². The van der Waals surface area contributed by atoms with Crippen molar-refractivity contribution in [3.05, 3.63) is 59.7 Å². The van der Waals surface area contributed by atoms with Gasteiger partial charge in [0.15, 0.2) is 6.61 Å². The molecule has 7 nitrogen and oxygen atoms in total. The van der Waals surface area contributed by atoms with Crippen LogP contribution in [0.15, 0.2) is 48.5 Å². The summed E-state index contributed by atoms with van der Waals surface area (Å²) in [5.74, 6) is -1.78. The van der Waals surface area contributed by atoms with E-state index in [0.29, 0.717) is 11.3 Å². The molecule has 0 radical (unpaired) electrons. The number of rotatable bonds is 6. The Morgan fingerprint density at radius 3 is 2.62 bits per heavy atom. The second-order valence-electron chi connectivity index (χ2n) is 6.73. The van der Waals surface area contributed by atoms with E-state index in [1.807, 2.05) is 37.3 Å². The molecule has 1 aliphatic heterocycles. The number of anilines is 2. The number of nitriles is 1. The molecule has 1 N–H and O–H groups in total. The maximum absolute atomic E-state index is 12.4. The van der Waals surface area contributed by atoms with Crippen molar-refractivity contribution < 1.29 is 19.1 Å². The Morgan fingerprint density at radius 2 is 1.93 bits per heavy atom. The predicted octanol–water partition coefficient (Wildman–Crippen LogP) is 2.66. The van der Waals surface area contributed by atoms with Gasteiger partial charge in [0.05, 0.1) is 17.6 Å². The van der Waals surface area contributed by atoms with Gasteiger partial charge in [0.1, 0.15) is 0 Å². The molecule has 0 aromatic heterocycles. The number of hydrogen-bond acceptors (Lipinski definition) is 5. The fraction of sp³-hybridized carbons (Fsp3) is 0.273. The summed E-state index contributed by atoms with van der Waals surface area (Å²) in [5.41, 5.74) is 2.84. The lowest BCUT2D eigenvalue weighted by molar-refractivity contribution is -0.151. The van der Waals surface area contributed by atoms with E-state index in [9.17, 15) is 14.4 Å². The van der Waals surface area contributed by atoms with Gasteiger partial charge in [-0.25, -0.2) is 0 Å². The number of esters is 1. The van der Waals surface area contributed by atoms with Crippen LogP contribution in [0.2, 0.25) is 0 Å². The van der Waals surface area contributed by atoms with E-state index in [1.54, 1.807) is 29.2 Å². The number of carbonyl (C=O) groups excluding carboxylic acids is 3. The second kappa shape index (κ2) is 9.02. The standard InChI is InChI=1S/C22H21N3O4/c1-2-16-5-3-4-6-19(16)25-13-17(11-21(25)27)22(28)29-14-20(26)24-18-9-7-15(12-23)8-10-18/h3-10,17H,2,11,13-14H2,1H3,(H,24,26)/t17-/m1/s1. The van der Waals surface area contributed by atoms with E-state index in [1.165, 1.54) is 0 Å². The molecule has 1 heterocycles. The quantitative estimate of drug-likeness (QED) is 0.763. The van der Waals surface area contributed by atoms with Crippen LogP contribution in [0.25, 0.3) is 0 Å². The predicted molar refractivity (Wildman–Crippen MR) is 107 cm³/mol. The average molecular weight is 391 g/mol. The molecule has 148 valence electrons. The molecule has 1 fully saturated rings. The summed E-state index contributed by atoms with van der Waals surface area (Å²) >= 11 is 0. The van der Waals surface area contributed by atoms with Gasteiger partial charge in [-0.2, -0.15) is 5.26 Å². The smallest absolute Gasteiger partial charge is 0.311 e. The first-order valence-corrected chi connectivity index (χ1v) is 9.36. The lowest BCUT2D eigenvalue weighted by Gasteiger charge is -2.19. The lowest BCUT2D eigenvalue weighted by Crippen LogP contribution is -2.28. The third kappa shape index (κ3) is 4.79.